The van der Waals surface area contributed by atoms with Crippen molar-refractivity contribution in [2.45, 2.75) is 32.7 Å². The van der Waals surface area contributed by atoms with Gasteiger partial charge in [0.05, 0.1) is 6.33 Å². The van der Waals surface area contributed by atoms with Crippen LogP contribution in [-0.4, -0.2) is 24.6 Å². The smallest absolute Gasteiger partial charge is 0.324 e. The quantitative estimate of drug-likeness (QED) is 0.711. The molecular formula is C19H23N5O3. The molecule has 0 bridgehead atoms. The Hall–Kier alpha value is -3.16. The number of amides is 1. The number of carbonyl (C=O) groups excluding carboxylic acids is 1. The Kier molecular flexibility index (Phi) is 5.25. The van der Waals surface area contributed by atoms with Gasteiger partial charge in [-0.3, -0.25) is 18.7 Å². The van der Waals surface area contributed by atoms with E-state index in [9.17, 15) is 14.4 Å². The summed E-state index contributed by atoms with van der Waals surface area (Å²) in [5.74, 6) is -0.255. The van der Waals surface area contributed by atoms with E-state index in [1.54, 1.807) is 7.05 Å². The van der Waals surface area contributed by atoms with E-state index in [0.717, 1.165) is 35.1 Å². The van der Waals surface area contributed by atoms with Crippen molar-refractivity contribution in [3.63, 3.8) is 0 Å². The third kappa shape index (κ3) is 3.55. The molecule has 0 aliphatic rings. The first kappa shape index (κ1) is 18.6. The Balaban J connectivity index is 1.88. The lowest BCUT2D eigenvalue weighted by atomic mass is 10.1. The van der Waals surface area contributed by atoms with Crippen molar-refractivity contribution in [2.24, 2.45) is 14.1 Å². The van der Waals surface area contributed by atoms with Crippen molar-refractivity contribution in [2.75, 3.05) is 5.32 Å². The predicted molar refractivity (Wildman–Crippen MR) is 104 cm³/mol. The Bertz CT molecular complexity index is 1110. The Labute approximate surface area is 156 Å². The fraction of sp³-hybridized carbons (Fsp3) is 0.368. The van der Waals surface area contributed by atoms with E-state index in [0.29, 0.717) is 0 Å². The SMILES string of the molecule is CCCCc1ccccc1NC(=O)Cn1cnc2c1c(=O)n(C)c(=O)n2C. The van der Waals surface area contributed by atoms with Crippen LogP contribution in [0.5, 0.6) is 0 Å². The van der Waals surface area contributed by atoms with Gasteiger partial charge in [-0.1, -0.05) is 31.5 Å². The molecule has 0 saturated carbocycles. The first-order valence-electron chi connectivity index (χ1n) is 8.92. The van der Waals surface area contributed by atoms with Crippen molar-refractivity contribution < 1.29 is 4.79 Å². The number of hydrogen-bond acceptors (Lipinski definition) is 4. The molecule has 27 heavy (non-hydrogen) atoms. The minimum absolute atomic E-state index is 0.0634. The summed E-state index contributed by atoms with van der Waals surface area (Å²) in [7, 11) is 2.96. The van der Waals surface area contributed by atoms with Crippen molar-refractivity contribution in [1.82, 2.24) is 18.7 Å². The number of fused-ring (bicyclic) bond motifs is 1. The van der Waals surface area contributed by atoms with Crippen LogP contribution in [0.1, 0.15) is 25.3 Å². The number of aryl methyl sites for hydroxylation is 2. The highest BCUT2D eigenvalue weighted by Gasteiger charge is 2.16. The lowest BCUT2D eigenvalue weighted by Gasteiger charge is -2.11. The van der Waals surface area contributed by atoms with Crippen molar-refractivity contribution >= 4 is 22.8 Å². The molecule has 8 nitrogen and oxygen atoms in total. The van der Waals surface area contributed by atoms with E-state index >= 15 is 0 Å². The number of para-hydroxylation sites is 1. The summed E-state index contributed by atoms with van der Waals surface area (Å²) in [6, 6.07) is 7.71. The molecule has 2 aromatic heterocycles. The molecule has 1 N–H and O–H groups in total. The number of aromatic nitrogens is 4. The molecule has 0 radical (unpaired) electrons. The highest BCUT2D eigenvalue weighted by atomic mass is 16.2. The fourth-order valence-electron chi connectivity index (χ4n) is 3.09. The van der Waals surface area contributed by atoms with Gasteiger partial charge in [0, 0.05) is 19.8 Å². The van der Waals surface area contributed by atoms with E-state index in [1.165, 1.54) is 22.5 Å². The number of nitrogens with one attached hydrogen (secondary N) is 1. The summed E-state index contributed by atoms with van der Waals surface area (Å²) in [6.45, 7) is 2.06. The van der Waals surface area contributed by atoms with Crippen LogP contribution in [0.2, 0.25) is 0 Å². The summed E-state index contributed by atoms with van der Waals surface area (Å²) < 4.78 is 3.78. The predicted octanol–water partition coefficient (Wildman–Crippen LogP) is 1.41. The Morgan fingerprint density at radius 2 is 1.89 bits per heavy atom. The van der Waals surface area contributed by atoms with Gasteiger partial charge in [0.15, 0.2) is 11.2 Å². The lowest BCUT2D eigenvalue weighted by molar-refractivity contribution is -0.116. The van der Waals surface area contributed by atoms with Crippen LogP contribution in [0.15, 0.2) is 40.2 Å². The molecule has 0 atom stereocenters. The summed E-state index contributed by atoms with van der Waals surface area (Å²) in [5.41, 5.74) is 1.43. The van der Waals surface area contributed by atoms with Crippen LogP contribution >= 0.6 is 0 Å². The van der Waals surface area contributed by atoms with Crippen LogP contribution in [-0.2, 0) is 31.9 Å². The molecule has 0 fully saturated rings. The van der Waals surface area contributed by atoms with E-state index in [-0.39, 0.29) is 23.6 Å². The van der Waals surface area contributed by atoms with Gasteiger partial charge in [-0.2, -0.15) is 0 Å². The molecule has 1 aromatic carbocycles. The zero-order chi connectivity index (χ0) is 19.6. The van der Waals surface area contributed by atoms with E-state index in [1.807, 2.05) is 24.3 Å². The summed E-state index contributed by atoms with van der Waals surface area (Å²) in [6.07, 6.45) is 4.42. The Morgan fingerprint density at radius 3 is 2.63 bits per heavy atom. The maximum Gasteiger partial charge on any atom is 0.332 e. The van der Waals surface area contributed by atoms with Crippen molar-refractivity contribution in [1.29, 1.82) is 0 Å². The molecule has 0 spiro atoms. The number of benzene rings is 1. The largest absolute Gasteiger partial charge is 0.332 e. The maximum absolute atomic E-state index is 12.6. The molecule has 0 unspecified atom stereocenters. The minimum atomic E-state index is -0.471. The molecule has 2 heterocycles. The molecule has 8 heteroatoms. The van der Waals surface area contributed by atoms with Crippen LogP contribution in [0.25, 0.3) is 11.2 Å². The molecule has 3 rings (SSSR count). The zero-order valence-electron chi connectivity index (χ0n) is 15.7. The highest BCUT2D eigenvalue weighted by Crippen LogP contribution is 2.17. The average molecular weight is 369 g/mol. The van der Waals surface area contributed by atoms with Crippen LogP contribution in [0.3, 0.4) is 0 Å². The number of rotatable bonds is 6. The number of carbonyl (C=O) groups is 1. The minimum Gasteiger partial charge on any atom is -0.324 e. The average Bonchev–Trinajstić information content (AvgIpc) is 3.07. The van der Waals surface area contributed by atoms with E-state index < -0.39 is 11.2 Å². The van der Waals surface area contributed by atoms with Crippen LogP contribution < -0.4 is 16.6 Å². The number of imidazole rings is 1. The van der Waals surface area contributed by atoms with Gasteiger partial charge in [-0.15, -0.1) is 0 Å². The summed E-state index contributed by atoms with van der Waals surface area (Å²) in [5, 5.41) is 2.92. The standard InChI is InChI=1S/C19H23N5O3/c1-4-5-8-13-9-6-7-10-14(13)21-15(25)11-24-12-20-17-16(24)18(26)23(3)19(27)22(17)2/h6-7,9-10,12H,4-5,8,11H2,1-3H3,(H,21,25). The van der Waals surface area contributed by atoms with Crippen molar-refractivity contribution in [3.8, 4) is 0 Å². The third-order valence-corrected chi connectivity index (χ3v) is 4.62. The topological polar surface area (TPSA) is 90.9 Å². The number of nitrogens with zero attached hydrogens (tertiary/aromatic N) is 4. The monoisotopic (exact) mass is 369 g/mol. The van der Waals surface area contributed by atoms with Crippen molar-refractivity contribution in [3.05, 3.63) is 57.0 Å². The van der Waals surface area contributed by atoms with Gasteiger partial charge in [0.1, 0.15) is 6.54 Å². The normalized spacial score (nSPS) is 11.1. The van der Waals surface area contributed by atoms with Crippen LogP contribution in [0.4, 0.5) is 5.69 Å². The highest BCUT2D eigenvalue weighted by molar-refractivity contribution is 5.92. The molecule has 1 amide bonds. The Morgan fingerprint density at radius 1 is 1.15 bits per heavy atom. The summed E-state index contributed by atoms with van der Waals surface area (Å²) in [4.78, 5) is 41.1. The number of hydrogen-bond donors (Lipinski definition) is 1. The zero-order valence-corrected chi connectivity index (χ0v) is 15.7. The first-order chi connectivity index (χ1) is 12.9. The van der Waals surface area contributed by atoms with Gasteiger partial charge in [0.25, 0.3) is 5.56 Å². The lowest BCUT2D eigenvalue weighted by Crippen LogP contribution is -2.37. The molecule has 142 valence electrons. The second-order valence-corrected chi connectivity index (χ2v) is 6.56. The van der Waals surface area contributed by atoms with Crippen LogP contribution in [0, 0.1) is 0 Å². The third-order valence-electron chi connectivity index (χ3n) is 4.62. The van der Waals surface area contributed by atoms with Gasteiger partial charge < -0.3 is 9.88 Å². The van der Waals surface area contributed by atoms with E-state index in [4.69, 9.17) is 0 Å². The molecule has 0 saturated heterocycles. The first-order valence-corrected chi connectivity index (χ1v) is 8.92. The van der Waals surface area contributed by atoms with Gasteiger partial charge >= 0.3 is 5.69 Å². The van der Waals surface area contributed by atoms with Gasteiger partial charge in [0.2, 0.25) is 5.91 Å². The molecule has 0 aliphatic carbocycles. The molecular weight excluding hydrogens is 346 g/mol. The number of anilines is 1. The fourth-order valence-corrected chi connectivity index (χ4v) is 3.09. The molecule has 3 aromatic rings. The van der Waals surface area contributed by atoms with E-state index in [2.05, 4.69) is 17.2 Å². The second kappa shape index (κ2) is 7.61. The second-order valence-electron chi connectivity index (χ2n) is 6.56. The van der Waals surface area contributed by atoms with Gasteiger partial charge in [-0.05, 0) is 24.5 Å². The summed E-state index contributed by atoms with van der Waals surface area (Å²) >= 11 is 0. The van der Waals surface area contributed by atoms with Gasteiger partial charge in [-0.25, -0.2) is 9.78 Å². The number of unbranched alkanes of at least 4 members (excludes halogenated alkanes) is 1. The molecule has 0 aliphatic heterocycles. The maximum atomic E-state index is 12.6.